The molecule has 0 amide bonds. The number of hydrogen-bond acceptors (Lipinski definition) is 7. The number of carboxylic acid groups (broad SMARTS) is 1. The van der Waals surface area contributed by atoms with E-state index in [2.05, 4.69) is 196 Å². The summed E-state index contributed by atoms with van der Waals surface area (Å²) in [6.07, 6.45) is 110. The minimum atomic E-state index is -1.52. The lowest BCUT2D eigenvalue weighted by atomic mass is 10.0. The lowest BCUT2D eigenvalue weighted by molar-refractivity contribution is -0.870. The zero-order valence-electron chi connectivity index (χ0n) is 61.3. The summed E-state index contributed by atoms with van der Waals surface area (Å²) in [6, 6.07) is 0. The van der Waals surface area contributed by atoms with E-state index in [0.717, 1.165) is 148 Å². The SMILES string of the molecule is CC/C=C\C/C=C\C/C=C\C/C=C\C/C=C\C/C=C\C/C=C\C/C=C\CCCCCCCCCCCCCCCCCCC(=O)OC(COC(=O)CCCCCCCCC/C=C\C/C=C\C/C=C\C/C=C\C/C=C\C/C=C\C/C=C\CC)COC(OCC[N+](C)(C)C)C(=O)O. The standard InChI is InChI=1S/C86H139NO8/c1-6-8-10-12-14-16-18-20-22-24-26-28-30-32-34-36-37-38-39-40-41-42-43-44-45-46-47-49-51-53-55-57-59-61-63-65-67-69-71-73-75-77-84(89)95-82(81-94-86(85(90)91)92-79-78-87(3,4)5)80-93-83(88)76-74-72-70-68-66-64-62-60-58-56-54-52-50-48-35-33-31-29-27-25-23-21-19-17-15-13-11-9-7-2/h8-11,14-17,20-23,26-29,32-35,37-38,40-41,43-44,50,52,56,58,82,86H,6-7,12-13,18-19,24-25,30-31,36,39,42,45-49,51,53-55,57,59-81H2,1-5H3/p+1/b10-8-,11-9-,16-14-,17-15-,22-20-,23-21-,28-26-,29-27-,34-32-,35-33-,38-37-,41-40-,44-43-,52-50-,58-56-. The van der Waals surface area contributed by atoms with E-state index in [4.69, 9.17) is 18.9 Å². The second-order valence-corrected chi connectivity index (χ2v) is 25.8. The number of hydrogen-bond donors (Lipinski definition) is 1. The molecule has 0 bridgehead atoms. The van der Waals surface area contributed by atoms with Crippen molar-refractivity contribution in [3.05, 3.63) is 182 Å². The van der Waals surface area contributed by atoms with Crippen LogP contribution in [0.1, 0.15) is 284 Å². The number of rotatable bonds is 68. The number of carboxylic acids is 1. The van der Waals surface area contributed by atoms with E-state index in [1.807, 2.05) is 21.1 Å². The van der Waals surface area contributed by atoms with Crippen LogP contribution in [0.2, 0.25) is 0 Å². The summed E-state index contributed by atoms with van der Waals surface area (Å²) in [5, 5.41) is 9.76. The second kappa shape index (κ2) is 74.2. The highest BCUT2D eigenvalue weighted by molar-refractivity contribution is 5.71. The van der Waals surface area contributed by atoms with E-state index < -0.39 is 24.3 Å². The molecule has 536 valence electrons. The summed E-state index contributed by atoms with van der Waals surface area (Å²) < 4.78 is 23.0. The fraction of sp³-hybridized carbons (Fsp3) is 0.616. The Morgan fingerprint density at radius 2 is 0.568 bits per heavy atom. The van der Waals surface area contributed by atoms with Crippen molar-refractivity contribution >= 4 is 17.9 Å². The van der Waals surface area contributed by atoms with Gasteiger partial charge >= 0.3 is 17.9 Å². The maximum atomic E-state index is 13.0. The number of unbranched alkanes of at least 4 members (excludes halogenated alkanes) is 23. The number of likely N-dealkylation sites (N-methyl/N-ethyl adjacent to an activating group) is 1. The van der Waals surface area contributed by atoms with Crippen molar-refractivity contribution in [3.63, 3.8) is 0 Å². The zero-order chi connectivity index (χ0) is 69.0. The summed E-state index contributed by atoms with van der Waals surface area (Å²) in [7, 11) is 5.97. The smallest absolute Gasteiger partial charge is 0.361 e. The van der Waals surface area contributed by atoms with Crippen molar-refractivity contribution < 1.29 is 42.9 Å². The molecule has 0 fully saturated rings. The van der Waals surface area contributed by atoms with E-state index >= 15 is 0 Å². The molecule has 0 aromatic heterocycles. The van der Waals surface area contributed by atoms with Crippen molar-refractivity contribution in [2.75, 3.05) is 47.5 Å². The number of esters is 2. The van der Waals surface area contributed by atoms with E-state index in [1.54, 1.807) is 0 Å². The Kier molecular flexibility index (Phi) is 69.8. The summed E-state index contributed by atoms with van der Waals surface area (Å²) in [5.41, 5.74) is 0. The number of carbonyl (C=O) groups is 3. The van der Waals surface area contributed by atoms with Crippen LogP contribution in [0.4, 0.5) is 0 Å². The Hall–Kier alpha value is -5.61. The first-order chi connectivity index (χ1) is 46.6. The van der Waals surface area contributed by atoms with E-state index in [0.29, 0.717) is 17.4 Å². The Balaban J connectivity index is 4.12. The van der Waals surface area contributed by atoms with Gasteiger partial charge in [-0.15, -0.1) is 0 Å². The first kappa shape index (κ1) is 89.4. The van der Waals surface area contributed by atoms with Crippen LogP contribution in [0.5, 0.6) is 0 Å². The molecule has 0 aliphatic rings. The van der Waals surface area contributed by atoms with Gasteiger partial charge in [-0.3, -0.25) is 9.59 Å². The Morgan fingerprint density at radius 1 is 0.316 bits per heavy atom. The summed E-state index contributed by atoms with van der Waals surface area (Å²) >= 11 is 0. The molecule has 95 heavy (non-hydrogen) atoms. The van der Waals surface area contributed by atoms with Crippen LogP contribution >= 0.6 is 0 Å². The molecule has 9 nitrogen and oxygen atoms in total. The van der Waals surface area contributed by atoms with Crippen LogP contribution in [0.25, 0.3) is 0 Å². The fourth-order valence-corrected chi connectivity index (χ4v) is 9.95. The van der Waals surface area contributed by atoms with Crippen LogP contribution in [0.3, 0.4) is 0 Å². The molecule has 0 aromatic rings. The molecular formula is C86H140NO8+. The first-order valence-electron chi connectivity index (χ1n) is 37.9. The Morgan fingerprint density at radius 3 is 0.842 bits per heavy atom. The highest BCUT2D eigenvalue weighted by atomic mass is 16.7. The monoisotopic (exact) mass is 1320 g/mol. The van der Waals surface area contributed by atoms with Gasteiger partial charge in [0.25, 0.3) is 6.29 Å². The van der Waals surface area contributed by atoms with E-state index in [1.165, 1.54) is 103 Å². The Bertz CT molecular complexity index is 2220. The predicted octanol–water partition coefficient (Wildman–Crippen LogP) is 24.4. The summed E-state index contributed by atoms with van der Waals surface area (Å²) in [5.74, 6) is -2.03. The van der Waals surface area contributed by atoms with Crippen LogP contribution in [-0.4, -0.2) is 87.4 Å². The van der Waals surface area contributed by atoms with Crippen LogP contribution in [-0.2, 0) is 33.3 Å². The second-order valence-electron chi connectivity index (χ2n) is 25.8. The average molecular weight is 1320 g/mol. The van der Waals surface area contributed by atoms with Crippen molar-refractivity contribution in [2.45, 2.75) is 296 Å². The Labute approximate surface area is 583 Å². The zero-order valence-corrected chi connectivity index (χ0v) is 61.3. The van der Waals surface area contributed by atoms with Gasteiger partial charge in [0.2, 0.25) is 0 Å². The molecule has 0 spiro atoms. The van der Waals surface area contributed by atoms with Gasteiger partial charge in [0.15, 0.2) is 6.10 Å². The lowest BCUT2D eigenvalue weighted by Gasteiger charge is -2.25. The van der Waals surface area contributed by atoms with E-state index in [-0.39, 0.29) is 38.6 Å². The van der Waals surface area contributed by atoms with Gasteiger partial charge in [0.05, 0.1) is 34.4 Å². The number of quaternary nitrogens is 1. The normalized spacial score (nSPS) is 13.7. The minimum absolute atomic E-state index is 0.178. The topological polar surface area (TPSA) is 108 Å². The molecule has 0 aliphatic heterocycles. The molecule has 0 heterocycles. The van der Waals surface area contributed by atoms with Gasteiger partial charge in [-0.25, -0.2) is 4.79 Å². The third-order valence-electron chi connectivity index (χ3n) is 15.7. The molecule has 1 N–H and O–H groups in total. The average Bonchev–Trinajstić information content (AvgIpc) is 3.54. The van der Waals surface area contributed by atoms with Gasteiger partial charge < -0.3 is 28.5 Å². The molecule has 2 unspecified atom stereocenters. The van der Waals surface area contributed by atoms with Gasteiger partial charge in [0, 0.05) is 12.8 Å². The van der Waals surface area contributed by atoms with E-state index in [9.17, 15) is 19.5 Å². The van der Waals surface area contributed by atoms with Gasteiger partial charge in [-0.05, 0) is 135 Å². The van der Waals surface area contributed by atoms with Crippen molar-refractivity contribution in [3.8, 4) is 0 Å². The number of aliphatic carboxylic acids is 1. The van der Waals surface area contributed by atoms with Crippen molar-refractivity contribution in [2.24, 2.45) is 0 Å². The van der Waals surface area contributed by atoms with Crippen LogP contribution < -0.4 is 0 Å². The van der Waals surface area contributed by atoms with Crippen LogP contribution in [0, 0.1) is 0 Å². The van der Waals surface area contributed by atoms with Crippen LogP contribution in [0.15, 0.2) is 182 Å². The third kappa shape index (κ3) is 75.6. The predicted molar refractivity (Wildman–Crippen MR) is 409 cm³/mol. The number of ether oxygens (including phenoxy) is 4. The molecule has 0 saturated carbocycles. The van der Waals surface area contributed by atoms with Crippen molar-refractivity contribution in [1.82, 2.24) is 0 Å². The summed E-state index contributed by atoms with van der Waals surface area (Å²) in [6.45, 7) is 4.63. The fourth-order valence-electron chi connectivity index (χ4n) is 9.95. The molecule has 0 saturated heterocycles. The third-order valence-corrected chi connectivity index (χ3v) is 15.7. The number of nitrogens with zero attached hydrogens (tertiary/aromatic N) is 1. The molecule has 0 rings (SSSR count). The maximum Gasteiger partial charge on any atom is 0.361 e. The van der Waals surface area contributed by atoms with Gasteiger partial charge in [0.1, 0.15) is 13.2 Å². The van der Waals surface area contributed by atoms with Gasteiger partial charge in [-0.1, -0.05) is 318 Å². The van der Waals surface area contributed by atoms with Crippen molar-refractivity contribution in [1.29, 1.82) is 0 Å². The summed E-state index contributed by atoms with van der Waals surface area (Å²) in [4.78, 5) is 37.7. The molecule has 9 heteroatoms. The molecule has 0 aromatic carbocycles. The highest BCUT2D eigenvalue weighted by Gasteiger charge is 2.25. The quantitative estimate of drug-likeness (QED) is 0.0211. The molecular weight excluding hydrogens is 1170 g/mol. The maximum absolute atomic E-state index is 13.0. The minimum Gasteiger partial charge on any atom is -0.477 e. The lowest BCUT2D eigenvalue weighted by Crippen LogP contribution is -2.40. The number of allylic oxidation sites excluding steroid dienone is 30. The molecule has 2 atom stereocenters. The first-order valence-corrected chi connectivity index (χ1v) is 37.9. The van der Waals surface area contributed by atoms with Gasteiger partial charge in [-0.2, -0.15) is 0 Å². The molecule has 0 radical (unpaired) electrons. The molecule has 0 aliphatic carbocycles. The highest BCUT2D eigenvalue weighted by Crippen LogP contribution is 2.17. The number of carbonyl (C=O) groups excluding carboxylic acids is 2. The largest absolute Gasteiger partial charge is 0.477 e.